The highest BCUT2D eigenvalue weighted by atomic mass is 35.5. The Morgan fingerprint density at radius 2 is 2.16 bits per heavy atom. The average molecular weight is 286 g/mol. The summed E-state index contributed by atoms with van der Waals surface area (Å²) in [6, 6.07) is 2.80. The van der Waals surface area contributed by atoms with Gasteiger partial charge in [-0.05, 0) is 31.7 Å². The summed E-state index contributed by atoms with van der Waals surface area (Å²) >= 11 is 5.82. The fourth-order valence-electron chi connectivity index (χ4n) is 2.39. The second-order valence-electron chi connectivity index (χ2n) is 4.80. The van der Waals surface area contributed by atoms with Crippen LogP contribution in [-0.2, 0) is 0 Å². The third-order valence-electron chi connectivity index (χ3n) is 3.54. The van der Waals surface area contributed by atoms with Gasteiger partial charge in [0.15, 0.2) is 0 Å². The molecule has 1 aromatic rings. The van der Waals surface area contributed by atoms with Crippen molar-refractivity contribution in [3.8, 4) is 0 Å². The molecule has 0 saturated carbocycles. The molecular weight excluding hydrogens is 270 g/mol. The normalized spacial score (nSPS) is 18.4. The first-order valence-corrected chi connectivity index (χ1v) is 6.61. The van der Waals surface area contributed by atoms with E-state index in [1.165, 1.54) is 12.1 Å². The van der Waals surface area contributed by atoms with E-state index in [1.807, 2.05) is 4.90 Å². The minimum Gasteiger partial charge on any atom is -0.393 e. The zero-order valence-electron chi connectivity index (χ0n) is 10.6. The summed E-state index contributed by atoms with van der Waals surface area (Å²) in [6.07, 6.45) is 1.25. The van der Waals surface area contributed by atoms with E-state index in [1.54, 1.807) is 6.92 Å². The predicted molar refractivity (Wildman–Crippen MR) is 72.5 cm³/mol. The maximum absolute atomic E-state index is 11.0. The first-order valence-electron chi connectivity index (χ1n) is 6.23. The van der Waals surface area contributed by atoms with Crippen LogP contribution in [0, 0.1) is 16.0 Å². The van der Waals surface area contributed by atoms with E-state index in [9.17, 15) is 15.2 Å². The average Bonchev–Trinajstić information content (AvgIpc) is 2.38. The number of anilines is 1. The molecule has 1 N–H and O–H groups in total. The van der Waals surface area contributed by atoms with Gasteiger partial charge < -0.3 is 10.0 Å². The Labute approximate surface area is 116 Å². The van der Waals surface area contributed by atoms with E-state index in [0.717, 1.165) is 12.8 Å². The lowest BCUT2D eigenvalue weighted by atomic mass is 9.92. The van der Waals surface area contributed by atoms with Gasteiger partial charge in [0.2, 0.25) is 5.82 Å². The molecule has 6 nitrogen and oxygen atoms in total. The van der Waals surface area contributed by atoms with Crippen molar-refractivity contribution in [2.24, 2.45) is 5.92 Å². The van der Waals surface area contributed by atoms with Crippen LogP contribution in [0.25, 0.3) is 0 Å². The summed E-state index contributed by atoms with van der Waals surface area (Å²) in [4.78, 5) is 16.5. The smallest absolute Gasteiger partial charge is 0.311 e. The van der Waals surface area contributed by atoms with Gasteiger partial charge in [-0.2, -0.15) is 0 Å². The highest BCUT2D eigenvalue weighted by molar-refractivity contribution is 6.29. The van der Waals surface area contributed by atoms with Gasteiger partial charge in [0, 0.05) is 19.2 Å². The fraction of sp³-hybridized carbons (Fsp3) is 0.583. The van der Waals surface area contributed by atoms with Gasteiger partial charge in [-0.25, -0.2) is 4.98 Å². The van der Waals surface area contributed by atoms with Crippen molar-refractivity contribution >= 4 is 23.1 Å². The molecule has 19 heavy (non-hydrogen) atoms. The monoisotopic (exact) mass is 285 g/mol. The van der Waals surface area contributed by atoms with Crippen LogP contribution < -0.4 is 4.90 Å². The van der Waals surface area contributed by atoms with E-state index >= 15 is 0 Å². The van der Waals surface area contributed by atoms with Gasteiger partial charge in [-0.15, -0.1) is 0 Å². The number of nitrogens with zero attached hydrogens (tertiary/aromatic N) is 3. The van der Waals surface area contributed by atoms with E-state index < -0.39 is 4.92 Å². The largest absolute Gasteiger partial charge is 0.393 e. The van der Waals surface area contributed by atoms with Crippen LogP contribution >= 0.6 is 11.6 Å². The lowest BCUT2D eigenvalue weighted by molar-refractivity contribution is -0.384. The van der Waals surface area contributed by atoms with E-state index in [2.05, 4.69) is 4.98 Å². The number of piperidine rings is 1. The van der Waals surface area contributed by atoms with Crippen molar-refractivity contribution in [2.45, 2.75) is 25.9 Å². The summed E-state index contributed by atoms with van der Waals surface area (Å²) in [5.41, 5.74) is -0.0279. The molecule has 1 saturated heterocycles. The number of pyridine rings is 1. The van der Waals surface area contributed by atoms with Crippen LogP contribution in [0.15, 0.2) is 12.1 Å². The van der Waals surface area contributed by atoms with Crippen LogP contribution in [-0.4, -0.2) is 34.2 Å². The number of aliphatic hydroxyl groups excluding tert-OH is 1. The zero-order valence-corrected chi connectivity index (χ0v) is 11.4. The molecule has 2 heterocycles. The number of halogens is 1. The molecule has 0 spiro atoms. The molecule has 1 aliphatic heterocycles. The highest BCUT2D eigenvalue weighted by Crippen LogP contribution is 2.31. The zero-order chi connectivity index (χ0) is 14.0. The molecule has 2 rings (SSSR count). The molecule has 1 atom stereocenters. The molecule has 1 unspecified atom stereocenters. The molecule has 1 aromatic heterocycles. The second-order valence-corrected chi connectivity index (χ2v) is 5.19. The maximum Gasteiger partial charge on any atom is 0.311 e. The first kappa shape index (κ1) is 14.0. The van der Waals surface area contributed by atoms with Crippen molar-refractivity contribution in [1.82, 2.24) is 4.98 Å². The number of aliphatic hydroxyl groups is 1. The second kappa shape index (κ2) is 5.71. The van der Waals surface area contributed by atoms with Gasteiger partial charge in [-0.1, -0.05) is 11.6 Å². The number of hydrogen-bond donors (Lipinski definition) is 1. The van der Waals surface area contributed by atoms with Crippen LogP contribution in [0.5, 0.6) is 0 Å². The number of hydrogen-bond acceptors (Lipinski definition) is 5. The maximum atomic E-state index is 11.0. The van der Waals surface area contributed by atoms with Gasteiger partial charge in [-0.3, -0.25) is 10.1 Å². The summed E-state index contributed by atoms with van der Waals surface area (Å²) in [5.74, 6) is 0.566. The minimum absolute atomic E-state index is 0.0279. The van der Waals surface area contributed by atoms with Crippen LogP contribution in [0.4, 0.5) is 11.5 Å². The summed E-state index contributed by atoms with van der Waals surface area (Å²) < 4.78 is 0. The van der Waals surface area contributed by atoms with Crippen molar-refractivity contribution < 1.29 is 10.0 Å². The quantitative estimate of drug-likeness (QED) is 0.523. The van der Waals surface area contributed by atoms with Gasteiger partial charge in [0.25, 0.3) is 0 Å². The molecule has 0 bridgehead atoms. The lowest BCUT2D eigenvalue weighted by Gasteiger charge is -2.33. The molecule has 1 aliphatic rings. The standard InChI is InChI=1S/C12H16ClN3O3/c1-8(17)9-4-6-15(7-5-9)12-10(16(18)19)2-3-11(13)14-12/h2-3,8-9,17H,4-7H2,1H3. The van der Waals surface area contributed by atoms with Crippen molar-refractivity contribution in [2.75, 3.05) is 18.0 Å². The van der Waals surface area contributed by atoms with Gasteiger partial charge in [0.1, 0.15) is 5.15 Å². The Kier molecular flexibility index (Phi) is 4.21. The molecular formula is C12H16ClN3O3. The van der Waals surface area contributed by atoms with E-state index in [0.29, 0.717) is 18.9 Å². The Hall–Kier alpha value is -1.40. The van der Waals surface area contributed by atoms with E-state index in [-0.39, 0.29) is 22.9 Å². The molecule has 0 radical (unpaired) electrons. The van der Waals surface area contributed by atoms with Gasteiger partial charge >= 0.3 is 5.69 Å². The van der Waals surface area contributed by atoms with Crippen LogP contribution in [0.3, 0.4) is 0 Å². The molecule has 0 amide bonds. The Morgan fingerprint density at radius 1 is 1.53 bits per heavy atom. The molecule has 0 aliphatic carbocycles. The predicted octanol–water partition coefficient (Wildman–Crippen LogP) is 2.24. The van der Waals surface area contributed by atoms with Crippen LogP contribution in [0.1, 0.15) is 19.8 Å². The SMILES string of the molecule is CC(O)C1CCN(c2nc(Cl)ccc2[N+](=O)[O-])CC1. The molecule has 7 heteroatoms. The number of rotatable bonds is 3. The Morgan fingerprint density at radius 3 is 2.68 bits per heavy atom. The lowest BCUT2D eigenvalue weighted by Crippen LogP contribution is -2.37. The molecule has 0 aromatic carbocycles. The van der Waals surface area contributed by atoms with Crippen molar-refractivity contribution in [3.05, 3.63) is 27.4 Å². The fourth-order valence-corrected chi connectivity index (χ4v) is 2.53. The topological polar surface area (TPSA) is 79.5 Å². The number of nitro groups is 1. The van der Waals surface area contributed by atoms with Crippen LogP contribution in [0.2, 0.25) is 5.15 Å². The first-order chi connectivity index (χ1) is 8.99. The Bertz CT molecular complexity index is 473. The minimum atomic E-state index is -0.445. The highest BCUT2D eigenvalue weighted by Gasteiger charge is 2.27. The van der Waals surface area contributed by atoms with Gasteiger partial charge in [0.05, 0.1) is 11.0 Å². The van der Waals surface area contributed by atoms with E-state index in [4.69, 9.17) is 11.6 Å². The summed E-state index contributed by atoms with van der Waals surface area (Å²) in [7, 11) is 0. The third kappa shape index (κ3) is 3.13. The van der Waals surface area contributed by atoms with Crippen molar-refractivity contribution in [3.63, 3.8) is 0 Å². The number of aromatic nitrogens is 1. The summed E-state index contributed by atoms with van der Waals surface area (Å²) in [5, 5.41) is 20.8. The Balaban J connectivity index is 2.19. The summed E-state index contributed by atoms with van der Waals surface area (Å²) in [6.45, 7) is 3.06. The molecule has 104 valence electrons. The molecule has 1 fully saturated rings. The van der Waals surface area contributed by atoms with Crippen molar-refractivity contribution in [1.29, 1.82) is 0 Å². The third-order valence-corrected chi connectivity index (χ3v) is 3.75.